The van der Waals surface area contributed by atoms with Gasteiger partial charge >= 0.3 is 0 Å². The lowest BCUT2D eigenvalue weighted by Gasteiger charge is -2.04. The predicted molar refractivity (Wildman–Crippen MR) is 43.4 cm³/mol. The molecule has 1 aromatic carbocycles. The lowest BCUT2D eigenvalue weighted by molar-refractivity contribution is -0.0381. The van der Waals surface area contributed by atoms with Crippen LogP contribution >= 0.6 is 11.6 Å². The highest BCUT2D eigenvalue weighted by atomic mass is 35.5. The number of aliphatic hydroxyl groups is 2. The molecule has 0 aliphatic rings. The van der Waals surface area contributed by atoms with Crippen LogP contribution in [-0.4, -0.2) is 16.5 Å². The summed E-state index contributed by atoms with van der Waals surface area (Å²) >= 11 is 5.75. The fraction of sp³-hybridized carbons (Fsp3) is 0.250. The van der Waals surface area contributed by atoms with E-state index in [1.54, 1.807) is 18.2 Å². The van der Waals surface area contributed by atoms with E-state index in [4.69, 9.17) is 21.8 Å². The second kappa shape index (κ2) is 3.72. The molecule has 0 fully saturated rings. The summed E-state index contributed by atoms with van der Waals surface area (Å²) in [5.41, 5.74) is 0.754. The SMILES string of the molecule is OC(O)Cc1ccccc1Cl. The van der Waals surface area contributed by atoms with Crippen LogP contribution in [0.5, 0.6) is 0 Å². The third-order valence-electron chi connectivity index (χ3n) is 1.36. The molecule has 60 valence electrons. The summed E-state index contributed by atoms with van der Waals surface area (Å²) in [5, 5.41) is 17.8. The summed E-state index contributed by atoms with van der Waals surface area (Å²) in [5.74, 6) is 0. The van der Waals surface area contributed by atoms with Gasteiger partial charge in [0.25, 0.3) is 0 Å². The highest BCUT2D eigenvalue weighted by molar-refractivity contribution is 6.31. The Balaban J connectivity index is 2.78. The first kappa shape index (κ1) is 8.53. The Morgan fingerprint density at radius 2 is 1.91 bits per heavy atom. The van der Waals surface area contributed by atoms with Crippen LogP contribution in [0.1, 0.15) is 5.56 Å². The summed E-state index contributed by atoms with van der Waals surface area (Å²) in [4.78, 5) is 0. The monoisotopic (exact) mass is 172 g/mol. The van der Waals surface area contributed by atoms with Gasteiger partial charge in [0, 0.05) is 11.4 Å². The maximum absolute atomic E-state index is 8.63. The van der Waals surface area contributed by atoms with Crippen molar-refractivity contribution in [2.75, 3.05) is 0 Å². The maximum Gasteiger partial charge on any atom is 0.155 e. The highest BCUT2D eigenvalue weighted by Gasteiger charge is 2.02. The Morgan fingerprint density at radius 3 is 2.45 bits per heavy atom. The third-order valence-corrected chi connectivity index (χ3v) is 1.73. The van der Waals surface area contributed by atoms with Crippen LogP contribution in [0.3, 0.4) is 0 Å². The second-order valence-electron chi connectivity index (χ2n) is 2.28. The van der Waals surface area contributed by atoms with Crippen molar-refractivity contribution in [3.8, 4) is 0 Å². The number of hydrogen-bond acceptors (Lipinski definition) is 2. The first-order valence-corrected chi connectivity index (χ1v) is 3.67. The molecule has 0 amide bonds. The van der Waals surface area contributed by atoms with Gasteiger partial charge in [-0.1, -0.05) is 29.8 Å². The van der Waals surface area contributed by atoms with Crippen molar-refractivity contribution < 1.29 is 10.2 Å². The largest absolute Gasteiger partial charge is 0.368 e. The van der Waals surface area contributed by atoms with Gasteiger partial charge in [-0.3, -0.25) is 0 Å². The molecule has 0 aliphatic heterocycles. The minimum atomic E-state index is -1.32. The average Bonchev–Trinajstić information content (AvgIpc) is 1.93. The molecule has 0 spiro atoms. The molecule has 3 heteroatoms. The van der Waals surface area contributed by atoms with Gasteiger partial charge in [-0.2, -0.15) is 0 Å². The normalized spacial score (nSPS) is 10.5. The van der Waals surface area contributed by atoms with Crippen molar-refractivity contribution >= 4 is 11.6 Å². The number of benzene rings is 1. The smallest absolute Gasteiger partial charge is 0.155 e. The van der Waals surface area contributed by atoms with Gasteiger partial charge in [-0.15, -0.1) is 0 Å². The van der Waals surface area contributed by atoms with Crippen molar-refractivity contribution in [2.24, 2.45) is 0 Å². The van der Waals surface area contributed by atoms with E-state index < -0.39 is 6.29 Å². The number of hydrogen-bond donors (Lipinski definition) is 2. The van der Waals surface area contributed by atoms with E-state index in [1.165, 1.54) is 0 Å². The zero-order chi connectivity index (χ0) is 8.27. The summed E-state index contributed by atoms with van der Waals surface area (Å²) in [6.07, 6.45) is -1.14. The molecular weight excluding hydrogens is 164 g/mol. The molecule has 0 saturated carbocycles. The van der Waals surface area contributed by atoms with Crippen molar-refractivity contribution in [3.63, 3.8) is 0 Å². The Morgan fingerprint density at radius 1 is 1.27 bits per heavy atom. The molecule has 0 aromatic heterocycles. The Labute approximate surface area is 70.1 Å². The molecule has 0 heterocycles. The van der Waals surface area contributed by atoms with Crippen LogP contribution in [0, 0.1) is 0 Å². The van der Waals surface area contributed by atoms with Gasteiger partial charge in [-0.05, 0) is 11.6 Å². The van der Waals surface area contributed by atoms with Gasteiger partial charge in [0.15, 0.2) is 6.29 Å². The summed E-state index contributed by atoms with van der Waals surface area (Å²) in [6, 6.07) is 7.10. The molecule has 0 unspecified atom stereocenters. The molecule has 2 nitrogen and oxygen atoms in total. The van der Waals surface area contributed by atoms with Gasteiger partial charge in [0.2, 0.25) is 0 Å². The quantitative estimate of drug-likeness (QED) is 0.658. The van der Waals surface area contributed by atoms with Gasteiger partial charge < -0.3 is 10.2 Å². The molecule has 0 saturated heterocycles. The van der Waals surface area contributed by atoms with Gasteiger partial charge in [0.1, 0.15) is 0 Å². The van der Waals surface area contributed by atoms with Crippen molar-refractivity contribution in [2.45, 2.75) is 12.7 Å². The Bertz CT molecular complexity index is 235. The van der Waals surface area contributed by atoms with Crippen molar-refractivity contribution in [3.05, 3.63) is 34.9 Å². The number of aliphatic hydroxyl groups excluding tert-OH is 1. The van der Waals surface area contributed by atoms with Crippen LogP contribution in [0.2, 0.25) is 5.02 Å². The Kier molecular flexibility index (Phi) is 2.88. The minimum absolute atomic E-state index is 0.180. The lowest BCUT2D eigenvalue weighted by Crippen LogP contribution is -2.08. The zero-order valence-corrected chi connectivity index (χ0v) is 6.62. The third kappa shape index (κ3) is 2.50. The molecule has 1 rings (SSSR count). The predicted octanol–water partition coefficient (Wildman–Crippen LogP) is 1.19. The van der Waals surface area contributed by atoms with E-state index in [0.29, 0.717) is 5.02 Å². The van der Waals surface area contributed by atoms with E-state index in [-0.39, 0.29) is 6.42 Å². The van der Waals surface area contributed by atoms with Crippen molar-refractivity contribution in [1.29, 1.82) is 0 Å². The van der Waals surface area contributed by atoms with E-state index in [1.807, 2.05) is 6.07 Å². The summed E-state index contributed by atoms with van der Waals surface area (Å²) < 4.78 is 0. The number of rotatable bonds is 2. The van der Waals surface area contributed by atoms with Crippen LogP contribution in [0.15, 0.2) is 24.3 Å². The fourth-order valence-electron chi connectivity index (χ4n) is 0.861. The summed E-state index contributed by atoms with van der Waals surface area (Å²) in [7, 11) is 0. The molecule has 0 aliphatic carbocycles. The Hall–Kier alpha value is -0.570. The average molecular weight is 173 g/mol. The highest BCUT2D eigenvalue weighted by Crippen LogP contribution is 2.15. The molecule has 0 radical (unpaired) electrons. The lowest BCUT2D eigenvalue weighted by atomic mass is 10.1. The number of halogens is 1. The van der Waals surface area contributed by atoms with Crippen LogP contribution in [0.4, 0.5) is 0 Å². The summed E-state index contributed by atoms with van der Waals surface area (Å²) in [6.45, 7) is 0. The topological polar surface area (TPSA) is 40.5 Å². The van der Waals surface area contributed by atoms with E-state index in [2.05, 4.69) is 0 Å². The molecule has 2 N–H and O–H groups in total. The standard InChI is InChI=1S/C8H9ClO2/c9-7-4-2-1-3-6(7)5-8(10)11/h1-4,8,10-11H,5H2. The van der Waals surface area contributed by atoms with Gasteiger partial charge in [0.05, 0.1) is 0 Å². The molecule has 1 aromatic rings. The van der Waals surface area contributed by atoms with Crippen molar-refractivity contribution in [1.82, 2.24) is 0 Å². The fourth-order valence-corrected chi connectivity index (χ4v) is 1.07. The van der Waals surface area contributed by atoms with Crippen LogP contribution < -0.4 is 0 Å². The maximum atomic E-state index is 8.63. The molecule has 0 bridgehead atoms. The molecular formula is C8H9ClO2. The van der Waals surface area contributed by atoms with Crippen LogP contribution in [0.25, 0.3) is 0 Å². The first-order valence-electron chi connectivity index (χ1n) is 3.29. The minimum Gasteiger partial charge on any atom is -0.368 e. The molecule has 11 heavy (non-hydrogen) atoms. The van der Waals surface area contributed by atoms with E-state index in [9.17, 15) is 0 Å². The second-order valence-corrected chi connectivity index (χ2v) is 2.68. The van der Waals surface area contributed by atoms with E-state index in [0.717, 1.165) is 5.56 Å². The van der Waals surface area contributed by atoms with Crippen LogP contribution in [-0.2, 0) is 6.42 Å². The van der Waals surface area contributed by atoms with Gasteiger partial charge in [-0.25, -0.2) is 0 Å². The van der Waals surface area contributed by atoms with E-state index >= 15 is 0 Å². The molecule has 0 atom stereocenters. The zero-order valence-electron chi connectivity index (χ0n) is 5.87. The first-order chi connectivity index (χ1) is 5.20.